The highest BCUT2D eigenvalue weighted by Gasteiger charge is 2.09. The number of rotatable bonds is 5. The first-order valence-corrected chi connectivity index (χ1v) is 7.05. The van der Waals surface area contributed by atoms with Crippen molar-refractivity contribution in [3.8, 4) is 5.75 Å². The number of nitrogens with two attached hydrogens (primary N) is 1. The van der Waals surface area contributed by atoms with Gasteiger partial charge in [-0.1, -0.05) is 6.07 Å². The summed E-state index contributed by atoms with van der Waals surface area (Å²) < 4.78 is 7.20. The Morgan fingerprint density at radius 3 is 2.76 bits per heavy atom. The van der Waals surface area contributed by atoms with Gasteiger partial charge in [-0.15, -0.1) is 0 Å². The standard InChI is InChI=1S/C16H21N3O2/c1-4-21-15-6-5-13(12(3)17)8-14(15)9-19-10-18-11(2)7-16(19)20/h5-8,10,12H,4,9,17H2,1-3H3. The van der Waals surface area contributed by atoms with Gasteiger partial charge in [0.25, 0.3) is 5.56 Å². The summed E-state index contributed by atoms with van der Waals surface area (Å²) in [6, 6.07) is 7.31. The van der Waals surface area contributed by atoms with Gasteiger partial charge in [-0.2, -0.15) is 0 Å². The normalized spacial score (nSPS) is 12.2. The summed E-state index contributed by atoms with van der Waals surface area (Å²) in [6.07, 6.45) is 1.56. The topological polar surface area (TPSA) is 70.1 Å². The summed E-state index contributed by atoms with van der Waals surface area (Å²) in [5, 5.41) is 0. The van der Waals surface area contributed by atoms with Crippen molar-refractivity contribution in [2.45, 2.75) is 33.4 Å². The maximum Gasteiger partial charge on any atom is 0.253 e. The molecule has 5 nitrogen and oxygen atoms in total. The van der Waals surface area contributed by atoms with E-state index in [9.17, 15) is 4.79 Å². The third-order valence-electron chi connectivity index (χ3n) is 3.27. The molecule has 1 aromatic heterocycles. The molecule has 0 saturated carbocycles. The van der Waals surface area contributed by atoms with Gasteiger partial charge in [0.15, 0.2) is 0 Å². The summed E-state index contributed by atoms with van der Waals surface area (Å²) in [5.41, 5.74) is 8.51. The van der Waals surface area contributed by atoms with E-state index in [0.29, 0.717) is 18.8 Å². The van der Waals surface area contributed by atoms with Crippen LogP contribution in [0.5, 0.6) is 5.75 Å². The van der Waals surface area contributed by atoms with Crippen molar-refractivity contribution in [3.05, 3.63) is 57.8 Å². The predicted molar refractivity (Wildman–Crippen MR) is 82.5 cm³/mol. The van der Waals surface area contributed by atoms with Crippen LogP contribution in [0.2, 0.25) is 0 Å². The zero-order chi connectivity index (χ0) is 15.4. The minimum absolute atomic E-state index is 0.0627. The van der Waals surface area contributed by atoms with Gasteiger partial charge < -0.3 is 10.5 Å². The number of aromatic nitrogens is 2. The molecule has 2 rings (SSSR count). The van der Waals surface area contributed by atoms with Crippen LogP contribution in [0, 0.1) is 6.92 Å². The smallest absolute Gasteiger partial charge is 0.253 e. The molecule has 21 heavy (non-hydrogen) atoms. The minimum atomic E-state index is -0.0730. The third-order valence-corrected chi connectivity index (χ3v) is 3.27. The van der Waals surface area contributed by atoms with E-state index in [-0.39, 0.29) is 11.6 Å². The Labute approximate surface area is 124 Å². The molecular formula is C16H21N3O2. The van der Waals surface area contributed by atoms with E-state index >= 15 is 0 Å². The fourth-order valence-corrected chi connectivity index (χ4v) is 2.12. The van der Waals surface area contributed by atoms with Gasteiger partial charge in [-0.05, 0) is 38.5 Å². The van der Waals surface area contributed by atoms with Crippen LogP contribution >= 0.6 is 0 Å². The SMILES string of the molecule is CCOc1ccc(C(C)N)cc1Cn1cnc(C)cc1=O. The van der Waals surface area contributed by atoms with Crippen molar-refractivity contribution in [2.75, 3.05) is 6.61 Å². The first-order chi connectivity index (χ1) is 10.0. The molecule has 0 aliphatic carbocycles. The molecule has 0 fully saturated rings. The molecule has 1 unspecified atom stereocenters. The fraction of sp³-hybridized carbons (Fsp3) is 0.375. The Morgan fingerprint density at radius 2 is 2.14 bits per heavy atom. The molecule has 2 aromatic rings. The maximum atomic E-state index is 12.0. The molecule has 0 amide bonds. The summed E-state index contributed by atoms with van der Waals surface area (Å²) >= 11 is 0. The average molecular weight is 287 g/mol. The van der Waals surface area contributed by atoms with Gasteiger partial charge in [-0.3, -0.25) is 9.36 Å². The Morgan fingerprint density at radius 1 is 1.38 bits per heavy atom. The lowest BCUT2D eigenvalue weighted by atomic mass is 10.0. The second kappa shape index (κ2) is 6.54. The molecule has 0 spiro atoms. The maximum absolute atomic E-state index is 12.0. The largest absolute Gasteiger partial charge is 0.494 e. The van der Waals surface area contributed by atoms with E-state index in [4.69, 9.17) is 10.5 Å². The lowest BCUT2D eigenvalue weighted by Gasteiger charge is -2.15. The molecule has 112 valence electrons. The Hall–Kier alpha value is -2.14. The van der Waals surface area contributed by atoms with E-state index in [0.717, 1.165) is 16.9 Å². The highest BCUT2D eigenvalue weighted by molar-refractivity contribution is 5.38. The average Bonchev–Trinajstić information content (AvgIpc) is 2.43. The molecule has 0 bridgehead atoms. The van der Waals surface area contributed by atoms with E-state index in [2.05, 4.69) is 4.98 Å². The molecule has 5 heteroatoms. The quantitative estimate of drug-likeness (QED) is 0.913. The van der Waals surface area contributed by atoms with Crippen molar-refractivity contribution >= 4 is 0 Å². The van der Waals surface area contributed by atoms with Crippen LogP contribution in [-0.2, 0) is 6.54 Å². The summed E-state index contributed by atoms with van der Waals surface area (Å²) in [5.74, 6) is 0.773. The van der Waals surface area contributed by atoms with Crippen molar-refractivity contribution < 1.29 is 4.74 Å². The van der Waals surface area contributed by atoms with E-state index in [1.54, 1.807) is 17.8 Å². The monoisotopic (exact) mass is 287 g/mol. The molecule has 1 heterocycles. The molecule has 1 atom stereocenters. The summed E-state index contributed by atoms with van der Waals surface area (Å²) in [4.78, 5) is 16.2. The van der Waals surface area contributed by atoms with Crippen LogP contribution in [-0.4, -0.2) is 16.2 Å². The van der Waals surface area contributed by atoms with Gasteiger partial charge in [0.1, 0.15) is 5.75 Å². The Kier molecular flexibility index (Phi) is 4.75. The molecular weight excluding hydrogens is 266 g/mol. The lowest BCUT2D eigenvalue weighted by molar-refractivity contribution is 0.335. The number of ether oxygens (including phenoxy) is 1. The van der Waals surface area contributed by atoms with E-state index in [1.807, 2.05) is 32.0 Å². The minimum Gasteiger partial charge on any atom is -0.494 e. The third kappa shape index (κ3) is 3.70. The molecule has 0 radical (unpaired) electrons. The molecule has 0 saturated heterocycles. The van der Waals surface area contributed by atoms with Gasteiger partial charge in [0, 0.05) is 23.4 Å². The zero-order valence-corrected chi connectivity index (χ0v) is 12.7. The first-order valence-electron chi connectivity index (χ1n) is 7.05. The molecule has 0 aliphatic rings. The molecule has 1 aromatic carbocycles. The Bertz CT molecular complexity index is 677. The van der Waals surface area contributed by atoms with Gasteiger partial charge in [0.05, 0.1) is 19.5 Å². The number of nitrogens with zero attached hydrogens (tertiary/aromatic N) is 2. The second-order valence-corrected chi connectivity index (χ2v) is 5.09. The molecule has 2 N–H and O–H groups in total. The van der Waals surface area contributed by atoms with Crippen LogP contribution in [0.3, 0.4) is 0 Å². The van der Waals surface area contributed by atoms with Crippen molar-refractivity contribution in [1.29, 1.82) is 0 Å². The first kappa shape index (κ1) is 15.3. The van der Waals surface area contributed by atoms with Gasteiger partial charge in [0.2, 0.25) is 0 Å². The fourth-order valence-electron chi connectivity index (χ4n) is 2.12. The van der Waals surface area contributed by atoms with E-state index < -0.39 is 0 Å². The van der Waals surface area contributed by atoms with Gasteiger partial charge >= 0.3 is 0 Å². The van der Waals surface area contributed by atoms with Crippen molar-refractivity contribution in [3.63, 3.8) is 0 Å². The van der Waals surface area contributed by atoms with Crippen LogP contribution in [0.25, 0.3) is 0 Å². The van der Waals surface area contributed by atoms with Crippen molar-refractivity contribution in [2.24, 2.45) is 5.73 Å². The number of hydrogen-bond acceptors (Lipinski definition) is 4. The van der Waals surface area contributed by atoms with Crippen molar-refractivity contribution in [1.82, 2.24) is 9.55 Å². The van der Waals surface area contributed by atoms with Crippen LogP contribution < -0.4 is 16.0 Å². The van der Waals surface area contributed by atoms with Crippen LogP contribution in [0.15, 0.2) is 35.4 Å². The van der Waals surface area contributed by atoms with E-state index in [1.165, 1.54) is 6.07 Å². The lowest BCUT2D eigenvalue weighted by Crippen LogP contribution is -2.21. The van der Waals surface area contributed by atoms with Crippen LogP contribution in [0.1, 0.15) is 36.7 Å². The Balaban J connectivity index is 2.40. The predicted octanol–water partition coefficient (Wildman–Crippen LogP) is 2.02. The zero-order valence-electron chi connectivity index (χ0n) is 12.7. The number of benzene rings is 1. The molecule has 0 aliphatic heterocycles. The van der Waals surface area contributed by atoms with Gasteiger partial charge in [-0.25, -0.2) is 4.98 Å². The summed E-state index contributed by atoms with van der Waals surface area (Å²) in [7, 11) is 0. The number of aryl methyl sites for hydroxylation is 1. The highest BCUT2D eigenvalue weighted by atomic mass is 16.5. The van der Waals surface area contributed by atoms with Crippen LogP contribution in [0.4, 0.5) is 0 Å². The number of hydrogen-bond donors (Lipinski definition) is 1. The highest BCUT2D eigenvalue weighted by Crippen LogP contribution is 2.23. The second-order valence-electron chi connectivity index (χ2n) is 5.09. The summed E-state index contributed by atoms with van der Waals surface area (Å²) in [6.45, 7) is 6.66.